The first-order valence-corrected chi connectivity index (χ1v) is 14.6. The number of hydrogen-bond acceptors (Lipinski definition) is 9. The largest absolute Gasteiger partial charge is 0.368 e. The van der Waals surface area contributed by atoms with E-state index in [2.05, 4.69) is 35.9 Å². The van der Waals surface area contributed by atoms with Gasteiger partial charge in [0.05, 0.1) is 5.69 Å². The Bertz CT molecular complexity index is 1620. The Balaban J connectivity index is 0.00000461. The third-order valence-electron chi connectivity index (χ3n) is 8.11. The number of tetrazole rings is 1. The summed E-state index contributed by atoms with van der Waals surface area (Å²) in [5.41, 5.74) is 16.3. The third kappa shape index (κ3) is 7.86. The number of carbonyl (C=O) groups excluding carboxylic acids is 3. The van der Waals surface area contributed by atoms with Gasteiger partial charge in [-0.1, -0.05) is 24.3 Å². The van der Waals surface area contributed by atoms with Gasteiger partial charge in [0.15, 0.2) is 5.82 Å². The average Bonchev–Trinajstić information content (AvgIpc) is 3.56. The van der Waals surface area contributed by atoms with Gasteiger partial charge in [0, 0.05) is 42.3 Å². The summed E-state index contributed by atoms with van der Waals surface area (Å²) in [5.74, 6) is -0.129. The molecule has 3 amide bonds. The van der Waals surface area contributed by atoms with Gasteiger partial charge in [-0.25, -0.2) is 15.1 Å². The standard InChI is InChI=1S/C31H36N10O3.ClH/c1-18-26(17-34-31(35-18)36-19(2)42)24-5-3-4-21(14-24)15-27(28(33)43)41(30(44)23-8-6-20(16-32)7-9-23)25-12-10-22(11-13-25)29-37-39-40-38-29;/h3-5,10-14,17,20,23,27H,6-9,15-16,32H2,1-2H3,(H2,33,43)(H,34,35,36,42)(H,37,38,39,40);1H/t20-,23-,27-;/m0./s1. The van der Waals surface area contributed by atoms with E-state index in [0.29, 0.717) is 42.5 Å². The molecule has 1 atom stereocenters. The average molecular weight is 633 g/mol. The highest BCUT2D eigenvalue weighted by atomic mass is 35.5. The monoisotopic (exact) mass is 632 g/mol. The first-order valence-electron chi connectivity index (χ1n) is 14.6. The molecule has 0 saturated heterocycles. The quantitative estimate of drug-likeness (QED) is 0.203. The highest BCUT2D eigenvalue weighted by Gasteiger charge is 2.36. The lowest BCUT2D eigenvalue weighted by Gasteiger charge is -2.35. The van der Waals surface area contributed by atoms with Gasteiger partial charge in [-0.05, 0) is 90.9 Å². The van der Waals surface area contributed by atoms with Gasteiger partial charge in [0.25, 0.3) is 0 Å². The lowest BCUT2D eigenvalue weighted by atomic mass is 9.81. The molecule has 2 aromatic heterocycles. The third-order valence-corrected chi connectivity index (χ3v) is 8.11. The maximum absolute atomic E-state index is 14.2. The lowest BCUT2D eigenvalue weighted by molar-refractivity contribution is -0.127. The zero-order valence-electron chi connectivity index (χ0n) is 25.1. The molecule has 5 rings (SSSR count). The number of nitrogens with zero attached hydrogens (tertiary/aromatic N) is 6. The Labute approximate surface area is 267 Å². The highest BCUT2D eigenvalue weighted by molar-refractivity contribution is 6.02. The van der Waals surface area contributed by atoms with E-state index in [1.54, 1.807) is 35.4 Å². The number of benzene rings is 2. The second-order valence-electron chi connectivity index (χ2n) is 11.2. The van der Waals surface area contributed by atoms with Crippen LogP contribution < -0.4 is 21.7 Å². The van der Waals surface area contributed by atoms with Crippen molar-refractivity contribution in [1.82, 2.24) is 30.6 Å². The molecule has 1 aliphatic rings. The summed E-state index contributed by atoms with van der Waals surface area (Å²) in [4.78, 5) is 48.9. The molecule has 0 spiro atoms. The molecule has 45 heavy (non-hydrogen) atoms. The summed E-state index contributed by atoms with van der Waals surface area (Å²) in [6.07, 6.45) is 4.98. The molecule has 0 aliphatic heterocycles. The number of halogens is 1. The number of hydrogen-bond donors (Lipinski definition) is 4. The topological polar surface area (TPSA) is 199 Å². The Morgan fingerprint density at radius 3 is 2.40 bits per heavy atom. The van der Waals surface area contributed by atoms with Crippen molar-refractivity contribution in [3.8, 4) is 22.5 Å². The molecule has 0 unspecified atom stereocenters. The summed E-state index contributed by atoms with van der Waals surface area (Å²) < 4.78 is 0. The number of carbonyl (C=O) groups is 3. The number of nitrogens with one attached hydrogen (secondary N) is 2. The minimum Gasteiger partial charge on any atom is -0.368 e. The molecule has 1 fully saturated rings. The number of rotatable bonds is 10. The van der Waals surface area contributed by atoms with E-state index in [-0.39, 0.29) is 42.5 Å². The van der Waals surface area contributed by atoms with Crippen molar-refractivity contribution in [2.24, 2.45) is 23.3 Å². The summed E-state index contributed by atoms with van der Waals surface area (Å²) in [6.45, 7) is 3.83. The van der Waals surface area contributed by atoms with Crippen LogP contribution in [0.2, 0.25) is 0 Å². The Kier molecular flexibility index (Phi) is 10.9. The van der Waals surface area contributed by atoms with Crippen molar-refractivity contribution >= 4 is 41.8 Å². The van der Waals surface area contributed by atoms with E-state index in [0.717, 1.165) is 35.1 Å². The van der Waals surface area contributed by atoms with Crippen LogP contribution in [0.3, 0.4) is 0 Å². The van der Waals surface area contributed by atoms with Crippen LogP contribution in [-0.4, -0.2) is 60.9 Å². The molecule has 14 heteroatoms. The van der Waals surface area contributed by atoms with Crippen molar-refractivity contribution in [3.05, 3.63) is 66.0 Å². The number of nitrogens with two attached hydrogens (primary N) is 2. The fourth-order valence-electron chi connectivity index (χ4n) is 5.74. The normalized spacial score (nSPS) is 16.7. The minimum atomic E-state index is -0.942. The highest BCUT2D eigenvalue weighted by Crippen LogP contribution is 2.33. The van der Waals surface area contributed by atoms with Gasteiger partial charge in [-0.15, -0.1) is 17.5 Å². The molecule has 2 aromatic carbocycles. The zero-order valence-corrected chi connectivity index (χ0v) is 26.0. The first-order chi connectivity index (χ1) is 21.2. The van der Waals surface area contributed by atoms with E-state index in [1.165, 1.54) is 6.92 Å². The van der Waals surface area contributed by atoms with Crippen molar-refractivity contribution in [1.29, 1.82) is 0 Å². The fourth-order valence-corrected chi connectivity index (χ4v) is 5.74. The Morgan fingerprint density at radius 2 is 1.80 bits per heavy atom. The van der Waals surface area contributed by atoms with E-state index in [4.69, 9.17) is 11.5 Å². The molecular weight excluding hydrogens is 596 g/mol. The second-order valence-corrected chi connectivity index (χ2v) is 11.2. The van der Waals surface area contributed by atoms with Gasteiger partial charge < -0.3 is 11.5 Å². The van der Waals surface area contributed by atoms with Gasteiger partial charge in [-0.3, -0.25) is 24.6 Å². The molecule has 13 nitrogen and oxygen atoms in total. The molecule has 236 valence electrons. The number of aromatic nitrogens is 6. The number of H-pyrrole nitrogens is 1. The summed E-state index contributed by atoms with van der Waals surface area (Å²) in [6, 6.07) is 13.9. The summed E-state index contributed by atoms with van der Waals surface area (Å²) >= 11 is 0. The number of aromatic amines is 1. The Morgan fingerprint density at radius 1 is 1.07 bits per heavy atom. The molecule has 0 radical (unpaired) electrons. The van der Waals surface area contributed by atoms with Gasteiger partial charge in [0.1, 0.15) is 6.04 Å². The second kappa shape index (κ2) is 14.8. The molecule has 4 aromatic rings. The number of aryl methyl sites for hydroxylation is 1. The lowest BCUT2D eigenvalue weighted by Crippen LogP contribution is -2.52. The zero-order chi connectivity index (χ0) is 31.2. The van der Waals surface area contributed by atoms with E-state index < -0.39 is 11.9 Å². The predicted octanol–water partition coefficient (Wildman–Crippen LogP) is 3.21. The molecule has 2 heterocycles. The van der Waals surface area contributed by atoms with E-state index >= 15 is 0 Å². The van der Waals surface area contributed by atoms with Crippen LogP contribution in [0.15, 0.2) is 54.7 Å². The molecular formula is C31H37ClN10O3. The number of amides is 3. The van der Waals surface area contributed by atoms with E-state index in [1.807, 2.05) is 31.2 Å². The molecule has 0 bridgehead atoms. The van der Waals surface area contributed by atoms with Crippen molar-refractivity contribution in [3.63, 3.8) is 0 Å². The van der Waals surface area contributed by atoms with Crippen LogP contribution in [0.1, 0.15) is 43.9 Å². The van der Waals surface area contributed by atoms with Crippen molar-refractivity contribution < 1.29 is 14.4 Å². The Hall–Kier alpha value is -4.75. The fraction of sp³-hybridized carbons (Fsp3) is 0.355. The maximum atomic E-state index is 14.2. The van der Waals surface area contributed by atoms with E-state index in [9.17, 15) is 14.4 Å². The van der Waals surface area contributed by atoms with Gasteiger partial charge in [-0.2, -0.15) is 0 Å². The molecule has 6 N–H and O–H groups in total. The maximum Gasteiger partial charge on any atom is 0.240 e. The molecule has 1 saturated carbocycles. The van der Waals surface area contributed by atoms with Crippen LogP contribution in [0.25, 0.3) is 22.5 Å². The summed E-state index contributed by atoms with van der Waals surface area (Å²) in [5, 5.41) is 16.5. The van der Waals surface area contributed by atoms with Crippen LogP contribution in [-0.2, 0) is 20.8 Å². The number of anilines is 2. The van der Waals surface area contributed by atoms with Crippen molar-refractivity contribution in [2.75, 3.05) is 16.8 Å². The number of primary amides is 1. The van der Waals surface area contributed by atoms with Crippen molar-refractivity contribution in [2.45, 2.75) is 52.0 Å². The minimum absolute atomic E-state index is 0. The molecule has 1 aliphatic carbocycles. The van der Waals surface area contributed by atoms with Crippen LogP contribution in [0, 0.1) is 18.8 Å². The summed E-state index contributed by atoms with van der Waals surface area (Å²) in [7, 11) is 0. The SMILES string of the molecule is CC(=O)Nc1ncc(-c2cccc(C[C@@H](C(N)=O)N(c3ccc(-c4nnn[nH]4)cc3)C(=O)[C@H]3CC[C@H](CN)CC3)c2)c(C)n1.Cl. The smallest absolute Gasteiger partial charge is 0.240 e. The predicted molar refractivity (Wildman–Crippen MR) is 172 cm³/mol. The van der Waals surface area contributed by atoms with Crippen LogP contribution in [0.4, 0.5) is 11.6 Å². The van der Waals surface area contributed by atoms with Crippen LogP contribution in [0.5, 0.6) is 0 Å². The van der Waals surface area contributed by atoms with Gasteiger partial charge in [0.2, 0.25) is 23.7 Å². The first kappa shape index (κ1) is 33.1. The van der Waals surface area contributed by atoms with Crippen LogP contribution >= 0.6 is 12.4 Å². The van der Waals surface area contributed by atoms with Gasteiger partial charge >= 0.3 is 0 Å².